The van der Waals surface area contributed by atoms with Gasteiger partial charge < -0.3 is 14.9 Å². The quantitative estimate of drug-likeness (QED) is 0.447. The van der Waals surface area contributed by atoms with Gasteiger partial charge in [0.2, 0.25) is 0 Å². The zero-order chi connectivity index (χ0) is 20.3. The van der Waals surface area contributed by atoms with Crippen molar-refractivity contribution in [3.8, 4) is 0 Å². The highest BCUT2D eigenvalue weighted by Crippen LogP contribution is 2.27. The Morgan fingerprint density at radius 3 is 2.31 bits per heavy atom. The number of aryl methyl sites for hydroxylation is 1. The summed E-state index contributed by atoms with van der Waals surface area (Å²) in [5.74, 6) is 0. The van der Waals surface area contributed by atoms with Gasteiger partial charge in [-0.25, -0.2) is 0 Å². The molecule has 0 saturated carbocycles. The molecular formula is C24H21N3O2. The molecule has 0 amide bonds. The molecule has 5 heteroatoms. The minimum atomic E-state index is -0.0249. The van der Waals surface area contributed by atoms with E-state index in [4.69, 9.17) is 0 Å². The van der Waals surface area contributed by atoms with Crippen LogP contribution in [0.2, 0.25) is 0 Å². The molecule has 0 unspecified atom stereocenters. The molecule has 0 aliphatic carbocycles. The van der Waals surface area contributed by atoms with E-state index in [1.807, 2.05) is 74.4 Å². The molecule has 144 valence electrons. The number of H-pyrrole nitrogens is 2. The van der Waals surface area contributed by atoms with Crippen LogP contribution in [-0.4, -0.2) is 24.1 Å². The summed E-state index contributed by atoms with van der Waals surface area (Å²) in [5, 5.41) is 2.56. The number of aromatic amines is 2. The van der Waals surface area contributed by atoms with Gasteiger partial charge in [0.15, 0.2) is 10.9 Å². The van der Waals surface area contributed by atoms with Gasteiger partial charge in [0.25, 0.3) is 0 Å². The van der Waals surface area contributed by atoms with Crippen molar-refractivity contribution in [1.29, 1.82) is 0 Å². The second-order valence-corrected chi connectivity index (χ2v) is 7.63. The number of rotatable bonds is 2. The molecule has 5 rings (SSSR count). The van der Waals surface area contributed by atoms with Crippen molar-refractivity contribution in [2.45, 2.75) is 13.3 Å². The maximum absolute atomic E-state index is 13.4. The Balaban J connectivity index is 2.01. The number of aromatic nitrogens is 2. The molecule has 2 N–H and O–H groups in total. The third-order valence-corrected chi connectivity index (χ3v) is 5.72. The predicted octanol–water partition coefficient (Wildman–Crippen LogP) is 4.30. The Morgan fingerprint density at radius 1 is 0.793 bits per heavy atom. The average molecular weight is 383 g/mol. The van der Waals surface area contributed by atoms with Crippen LogP contribution in [0, 0.1) is 0 Å². The second kappa shape index (κ2) is 6.21. The van der Waals surface area contributed by atoms with Crippen molar-refractivity contribution in [2.75, 3.05) is 19.0 Å². The molecule has 5 nitrogen and oxygen atoms in total. The number of nitrogens with one attached hydrogen (secondary N) is 2. The van der Waals surface area contributed by atoms with Crippen LogP contribution in [0.25, 0.3) is 43.6 Å². The van der Waals surface area contributed by atoms with Crippen molar-refractivity contribution < 1.29 is 0 Å². The van der Waals surface area contributed by atoms with Crippen LogP contribution < -0.4 is 15.8 Å². The lowest BCUT2D eigenvalue weighted by Crippen LogP contribution is -2.13. The van der Waals surface area contributed by atoms with Gasteiger partial charge in [-0.3, -0.25) is 9.59 Å². The molecule has 0 spiro atoms. The topological polar surface area (TPSA) is 69.0 Å². The van der Waals surface area contributed by atoms with E-state index in [-0.39, 0.29) is 10.9 Å². The van der Waals surface area contributed by atoms with E-state index < -0.39 is 0 Å². The number of nitrogens with zero attached hydrogens (tertiary/aromatic N) is 1. The highest BCUT2D eigenvalue weighted by Gasteiger charge is 2.16. The minimum absolute atomic E-state index is 0.00278. The van der Waals surface area contributed by atoms with Crippen LogP contribution in [0.15, 0.2) is 58.1 Å². The highest BCUT2D eigenvalue weighted by atomic mass is 16.1. The molecule has 3 aromatic carbocycles. The SMILES string of the molecule is CCc1c2[nH]c3ccc(N(C)C)cc3c(=O)c2cc2[nH]c3ccccc3c(=O)c12. The van der Waals surface area contributed by atoms with E-state index in [2.05, 4.69) is 9.97 Å². The summed E-state index contributed by atoms with van der Waals surface area (Å²) in [7, 11) is 3.91. The number of anilines is 1. The molecule has 0 saturated heterocycles. The fourth-order valence-corrected chi connectivity index (χ4v) is 4.23. The molecule has 2 heterocycles. The average Bonchev–Trinajstić information content (AvgIpc) is 2.73. The number of para-hydroxylation sites is 1. The van der Waals surface area contributed by atoms with Crippen LogP contribution in [0.4, 0.5) is 5.69 Å². The third kappa shape index (κ3) is 2.47. The van der Waals surface area contributed by atoms with Gasteiger partial charge in [-0.15, -0.1) is 0 Å². The van der Waals surface area contributed by atoms with Gasteiger partial charge in [0.1, 0.15) is 0 Å². The second-order valence-electron chi connectivity index (χ2n) is 7.63. The van der Waals surface area contributed by atoms with Crippen molar-refractivity contribution in [3.05, 3.63) is 74.5 Å². The summed E-state index contributed by atoms with van der Waals surface area (Å²) in [6.07, 6.45) is 0.645. The standard InChI is InChI=1S/C24H21N3O2/c1-4-14-21-20(25-18-8-6-5-7-15(18)24(21)29)12-17-22(14)26-19-10-9-13(27(2)3)11-16(19)23(17)28/h5-12H,4H2,1-3H3,(H,25,29)(H,26,28). The van der Waals surface area contributed by atoms with E-state index in [1.165, 1.54) is 0 Å². The zero-order valence-corrected chi connectivity index (χ0v) is 16.6. The lowest BCUT2D eigenvalue weighted by atomic mass is 9.98. The Morgan fingerprint density at radius 2 is 1.55 bits per heavy atom. The summed E-state index contributed by atoms with van der Waals surface area (Å²) in [6.45, 7) is 2.01. The molecule has 0 bridgehead atoms. The van der Waals surface area contributed by atoms with Crippen LogP contribution in [0.3, 0.4) is 0 Å². The molecular weight excluding hydrogens is 362 g/mol. The van der Waals surface area contributed by atoms with Gasteiger partial charge in [-0.2, -0.15) is 0 Å². The number of benzene rings is 3. The van der Waals surface area contributed by atoms with E-state index in [0.717, 1.165) is 27.8 Å². The maximum Gasteiger partial charge on any atom is 0.197 e. The summed E-state index contributed by atoms with van der Waals surface area (Å²) in [5.41, 5.74) is 4.82. The Kier molecular flexibility index (Phi) is 3.74. The minimum Gasteiger partial charge on any atom is -0.378 e. The van der Waals surface area contributed by atoms with E-state index >= 15 is 0 Å². The molecule has 0 atom stereocenters. The smallest absolute Gasteiger partial charge is 0.197 e. The molecule has 0 radical (unpaired) electrons. The number of hydrogen-bond donors (Lipinski definition) is 2. The van der Waals surface area contributed by atoms with Gasteiger partial charge in [-0.1, -0.05) is 19.1 Å². The van der Waals surface area contributed by atoms with Crippen LogP contribution in [0.1, 0.15) is 12.5 Å². The van der Waals surface area contributed by atoms with Crippen molar-refractivity contribution in [3.63, 3.8) is 0 Å². The zero-order valence-electron chi connectivity index (χ0n) is 16.6. The first kappa shape index (κ1) is 17.5. The Hall–Kier alpha value is -3.60. The normalized spacial score (nSPS) is 11.7. The van der Waals surface area contributed by atoms with Gasteiger partial charge >= 0.3 is 0 Å². The van der Waals surface area contributed by atoms with Gasteiger partial charge in [-0.05, 0) is 48.4 Å². The highest BCUT2D eigenvalue weighted by molar-refractivity contribution is 6.05. The largest absolute Gasteiger partial charge is 0.378 e. The van der Waals surface area contributed by atoms with E-state index in [1.54, 1.807) is 0 Å². The predicted molar refractivity (Wildman–Crippen MR) is 121 cm³/mol. The van der Waals surface area contributed by atoms with Crippen LogP contribution >= 0.6 is 0 Å². The molecule has 0 aliphatic rings. The number of hydrogen-bond acceptors (Lipinski definition) is 3. The first-order valence-corrected chi connectivity index (χ1v) is 9.73. The monoisotopic (exact) mass is 383 g/mol. The Bertz CT molecular complexity index is 1560. The number of fused-ring (bicyclic) bond motifs is 4. The lowest BCUT2D eigenvalue weighted by molar-refractivity contribution is 1.13. The van der Waals surface area contributed by atoms with Crippen LogP contribution in [-0.2, 0) is 6.42 Å². The number of pyridine rings is 2. The van der Waals surface area contributed by atoms with Gasteiger partial charge in [0.05, 0.1) is 16.4 Å². The maximum atomic E-state index is 13.4. The van der Waals surface area contributed by atoms with Crippen LogP contribution in [0.5, 0.6) is 0 Å². The molecule has 0 fully saturated rings. The van der Waals surface area contributed by atoms with E-state index in [9.17, 15) is 9.59 Å². The van der Waals surface area contributed by atoms with E-state index in [0.29, 0.717) is 33.5 Å². The summed E-state index contributed by atoms with van der Waals surface area (Å²) in [4.78, 5) is 35.4. The fourth-order valence-electron chi connectivity index (χ4n) is 4.23. The van der Waals surface area contributed by atoms with Crippen molar-refractivity contribution in [2.24, 2.45) is 0 Å². The fraction of sp³-hybridized carbons (Fsp3) is 0.167. The van der Waals surface area contributed by atoms with Crippen molar-refractivity contribution in [1.82, 2.24) is 9.97 Å². The third-order valence-electron chi connectivity index (χ3n) is 5.72. The first-order chi connectivity index (χ1) is 14.0. The molecule has 29 heavy (non-hydrogen) atoms. The molecule has 0 aliphatic heterocycles. The first-order valence-electron chi connectivity index (χ1n) is 9.73. The molecule has 2 aromatic heterocycles. The van der Waals surface area contributed by atoms with Crippen molar-refractivity contribution >= 4 is 49.3 Å². The summed E-state index contributed by atoms with van der Waals surface area (Å²) < 4.78 is 0. The summed E-state index contributed by atoms with van der Waals surface area (Å²) >= 11 is 0. The Labute approximate surface area is 166 Å². The summed E-state index contributed by atoms with van der Waals surface area (Å²) in [6, 6.07) is 15.1. The lowest BCUT2D eigenvalue weighted by Gasteiger charge is -2.15. The van der Waals surface area contributed by atoms with Gasteiger partial charge in [0, 0.05) is 47.0 Å². The molecule has 5 aromatic rings.